The topological polar surface area (TPSA) is 109 Å². The monoisotopic (exact) mass is 672 g/mol. The Bertz CT molecular complexity index is 1980. The van der Waals surface area contributed by atoms with Crippen molar-refractivity contribution in [3.05, 3.63) is 132 Å². The molecule has 248 valence electrons. The minimum atomic E-state index is -0.874. The maximum absolute atomic E-state index is 14.5. The summed E-state index contributed by atoms with van der Waals surface area (Å²) >= 11 is 1.60. The van der Waals surface area contributed by atoms with Gasteiger partial charge in [0, 0.05) is 31.6 Å². The van der Waals surface area contributed by atoms with E-state index in [-0.39, 0.29) is 56.2 Å². The van der Waals surface area contributed by atoms with Crippen molar-refractivity contribution < 1.29 is 19.5 Å². The molecule has 5 aromatic rings. The van der Waals surface area contributed by atoms with Crippen molar-refractivity contribution in [1.82, 2.24) is 30.1 Å². The molecule has 2 fully saturated rings. The number of nitrogens with zero attached hydrogens (tertiary/aromatic N) is 5. The molecule has 0 spiro atoms. The van der Waals surface area contributed by atoms with E-state index in [2.05, 4.69) is 11.9 Å². The zero-order chi connectivity index (χ0) is 33.9. The second kappa shape index (κ2) is 13.9. The van der Waals surface area contributed by atoms with Crippen molar-refractivity contribution in [2.75, 3.05) is 19.6 Å². The highest BCUT2D eigenvalue weighted by Crippen LogP contribution is 2.34. The van der Waals surface area contributed by atoms with Gasteiger partial charge in [0.2, 0.25) is 11.8 Å². The molecule has 0 saturated carbocycles. The zero-order valence-electron chi connectivity index (χ0n) is 26.8. The predicted octanol–water partition coefficient (Wildman–Crippen LogP) is 5.41. The van der Waals surface area contributed by atoms with Crippen molar-refractivity contribution in [2.24, 2.45) is 0 Å². The lowest BCUT2D eigenvalue weighted by molar-refractivity contribution is -0.189. The van der Waals surface area contributed by atoms with E-state index in [9.17, 15) is 19.5 Å². The number of thiazole rings is 1. The maximum atomic E-state index is 14.5. The van der Waals surface area contributed by atoms with Crippen molar-refractivity contribution in [3.8, 4) is 16.3 Å². The Labute approximate surface area is 288 Å². The van der Waals surface area contributed by atoms with Crippen LogP contribution in [-0.2, 0) is 29.1 Å². The fourth-order valence-electron chi connectivity index (χ4n) is 6.60. The Morgan fingerprint density at radius 2 is 1.67 bits per heavy atom. The van der Waals surface area contributed by atoms with Gasteiger partial charge < -0.3 is 20.2 Å². The van der Waals surface area contributed by atoms with Gasteiger partial charge in [0.1, 0.15) is 23.0 Å². The summed E-state index contributed by atoms with van der Waals surface area (Å²) in [5.41, 5.74) is 4.45. The molecule has 4 aromatic carbocycles. The van der Waals surface area contributed by atoms with Gasteiger partial charge >= 0.3 is 6.03 Å². The van der Waals surface area contributed by atoms with Gasteiger partial charge in [-0.2, -0.15) is 0 Å². The van der Waals surface area contributed by atoms with Crippen LogP contribution in [0.3, 0.4) is 0 Å². The van der Waals surface area contributed by atoms with Crippen LogP contribution >= 0.6 is 11.3 Å². The van der Waals surface area contributed by atoms with Crippen LogP contribution in [0.15, 0.2) is 116 Å². The van der Waals surface area contributed by atoms with Crippen molar-refractivity contribution in [3.63, 3.8) is 0 Å². The van der Waals surface area contributed by atoms with E-state index < -0.39 is 12.2 Å². The Morgan fingerprint density at radius 1 is 0.939 bits per heavy atom. The number of hydrazine groups is 1. The Hall–Kier alpha value is -5.52. The van der Waals surface area contributed by atoms with Gasteiger partial charge in [0.15, 0.2) is 0 Å². The number of para-hydroxylation sites is 1. The summed E-state index contributed by atoms with van der Waals surface area (Å²) in [6.45, 7) is 4.71. The number of phenols is 1. The average molecular weight is 673 g/mol. The first-order chi connectivity index (χ1) is 23.9. The van der Waals surface area contributed by atoms with Crippen molar-refractivity contribution in [2.45, 2.75) is 31.7 Å². The lowest BCUT2D eigenvalue weighted by atomic mass is 9.98. The number of aromatic nitrogens is 1. The summed E-state index contributed by atoms with van der Waals surface area (Å²) in [5, 5.41) is 17.1. The smallest absolute Gasteiger partial charge is 0.334 e. The van der Waals surface area contributed by atoms with Crippen LogP contribution in [0.25, 0.3) is 20.8 Å². The number of benzene rings is 4. The number of hydrogen-bond donors (Lipinski definition) is 2. The summed E-state index contributed by atoms with van der Waals surface area (Å²) in [7, 11) is 0. The molecule has 0 bridgehead atoms. The first kappa shape index (κ1) is 32.0. The number of piperazine rings is 1. The van der Waals surface area contributed by atoms with E-state index in [1.165, 1.54) is 0 Å². The second-order valence-corrected chi connectivity index (χ2v) is 13.2. The number of phenolic OH excluding ortho intramolecular Hbond substituents is 1. The van der Waals surface area contributed by atoms with Gasteiger partial charge in [-0.1, -0.05) is 91.0 Å². The third-order valence-corrected chi connectivity index (χ3v) is 9.98. The largest absolute Gasteiger partial charge is 0.508 e. The molecule has 4 amide bonds. The number of aromatic hydroxyl groups is 1. The standard InChI is InChI=1S/C38H36N6O4S/c1-2-20-42-25-34(46)43-31(21-26-16-18-30(45)19-17-26)37(47)41(24-33(43)44(42)38(48)39-22-27-10-5-3-6-11-27)23-29-14-9-15-32-35(29)40-36(49-32)28-12-7-4-8-13-28/h2-19,31,33,45H,1,20-25H2,(H,39,48)/t31-,33-/m0/s1. The molecule has 2 aliphatic rings. The molecule has 1 aromatic heterocycles. The van der Waals surface area contributed by atoms with Crippen LogP contribution in [0.2, 0.25) is 0 Å². The summed E-state index contributed by atoms with van der Waals surface area (Å²) in [4.78, 5) is 50.7. The molecule has 49 heavy (non-hydrogen) atoms. The number of hydrogen-bond acceptors (Lipinski definition) is 7. The molecule has 11 heteroatoms. The number of carbonyl (C=O) groups is 3. The van der Waals surface area contributed by atoms with Crippen LogP contribution in [0, 0.1) is 0 Å². The SMILES string of the molecule is C=CCN1CC(=O)N2[C@@H](Cc3ccc(O)cc3)C(=O)N(Cc3cccc4sc(-c5ccccc5)nc34)C[C@@H]2N1C(=O)NCc1ccccc1. The highest BCUT2D eigenvalue weighted by Gasteiger charge is 2.51. The number of fused-ring (bicyclic) bond motifs is 2. The first-order valence-corrected chi connectivity index (χ1v) is 17.0. The lowest BCUT2D eigenvalue weighted by Gasteiger charge is -2.55. The van der Waals surface area contributed by atoms with E-state index in [1.54, 1.807) is 61.5 Å². The van der Waals surface area contributed by atoms with Crippen LogP contribution in [-0.4, -0.2) is 79.6 Å². The average Bonchev–Trinajstić information content (AvgIpc) is 3.57. The second-order valence-electron chi connectivity index (χ2n) is 12.2. The molecule has 0 aliphatic carbocycles. The molecule has 7 rings (SSSR count). The number of rotatable bonds is 9. The predicted molar refractivity (Wildman–Crippen MR) is 189 cm³/mol. The molecule has 0 radical (unpaired) electrons. The Morgan fingerprint density at radius 3 is 2.41 bits per heavy atom. The minimum Gasteiger partial charge on any atom is -0.508 e. The highest BCUT2D eigenvalue weighted by atomic mass is 32.1. The van der Waals surface area contributed by atoms with E-state index >= 15 is 0 Å². The van der Waals surface area contributed by atoms with Gasteiger partial charge in [-0.25, -0.2) is 19.8 Å². The van der Waals surface area contributed by atoms with Gasteiger partial charge in [0.25, 0.3) is 0 Å². The number of nitrogens with one attached hydrogen (secondary N) is 1. The molecule has 2 aliphatic heterocycles. The van der Waals surface area contributed by atoms with Crippen molar-refractivity contribution >= 4 is 39.4 Å². The van der Waals surface area contributed by atoms with E-state index in [1.807, 2.05) is 78.9 Å². The third-order valence-electron chi connectivity index (χ3n) is 8.91. The number of amides is 4. The Balaban J connectivity index is 1.25. The quantitative estimate of drug-likeness (QED) is 0.203. The molecule has 2 saturated heterocycles. The molecule has 0 unspecified atom stereocenters. The highest BCUT2D eigenvalue weighted by molar-refractivity contribution is 7.21. The molecule has 2 atom stereocenters. The summed E-state index contributed by atoms with van der Waals surface area (Å²) in [6.07, 6.45) is 1.11. The third kappa shape index (κ3) is 6.63. The van der Waals surface area contributed by atoms with Crippen LogP contribution in [0.5, 0.6) is 5.75 Å². The van der Waals surface area contributed by atoms with Gasteiger partial charge in [0.05, 0.1) is 23.3 Å². The lowest BCUT2D eigenvalue weighted by Crippen LogP contribution is -2.76. The molecule has 3 heterocycles. The van der Waals surface area contributed by atoms with Crippen LogP contribution in [0.1, 0.15) is 16.7 Å². The summed E-state index contributed by atoms with van der Waals surface area (Å²) in [6, 6.07) is 31.0. The van der Waals surface area contributed by atoms with Crippen LogP contribution < -0.4 is 5.32 Å². The molecular formula is C38H36N6O4S. The van der Waals surface area contributed by atoms with Gasteiger partial charge in [-0.15, -0.1) is 17.9 Å². The van der Waals surface area contributed by atoms with E-state index in [0.717, 1.165) is 37.5 Å². The first-order valence-electron chi connectivity index (χ1n) is 16.2. The number of urea groups is 1. The normalized spacial score (nSPS) is 18.1. The minimum absolute atomic E-state index is 0.0823. The van der Waals surface area contributed by atoms with Gasteiger partial charge in [-0.05, 0) is 34.9 Å². The van der Waals surface area contributed by atoms with E-state index in [4.69, 9.17) is 4.98 Å². The zero-order valence-corrected chi connectivity index (χ0v) is 27.6. The summed E-state index contributed by atoms with van der Waals surface area (Å²) < 4.78 is 1.01. The number of carbonyl (C=O) groups excluding carboxylic acids is 3. The molecular weight excluding hydrogens is 637 g/mol. The molecule has 10 nitrogen and oxygen atoms in total. The summed E-state index contributed by atoms with van der Waals surface area (Å²) in [5.74, 6) is -0.348. The van der Waals surface area contributed by atoms with Crippen LogP contribution in [0.4, 0.5) is 4.79 Å². The van der Waals surface area contributed by atoms with Crippen molar-refractivity contribution in [1.29, 1.82) is 0 Å². The van der Waals surface area contributed by atoms with E-state index in [0.29, 0.717) is 6.54 Å². The Kier molecular flexibility index (Phi) is 9.10. The fourth-order valence-corrected chi connectivity index (χ4v) is 7.62. The fraction of sp³-hybridized carbons (Fsp3) is 0.211. The van der Waals surface area contributed by atoms with Gasteiger partial charge in [-0.3, -0.25) is 9.59 Å². The molecule has 2 N–H and O–H groups in total. The maximum Gasteiger partial charge on any atom is 0.334 e.